The fraction of sp³-hybridized carbons (Fsp3) is 0.182. The number of rotatable bonds is 3. The van der Waals surface area contributed by atoms with Gasteiger partial charge in [-0.1, -0.05) is 0 Å². The Bertz CT molecular complexity index is 665. The maximum absolute atomic E-state index is 12.9. The van der Waals surface area contributed by atoms with E-state index in [0.29, 0.717) is 0 Å². The molecular formula is C11H12FN5O3. The summed E-state index contributed by atoms with van der Waals surface area (Å²) < 4.78 is 17.7. The average Bonchev–Trinajstić information content (AvgIpc) is 2.33. The molecule has 0 radical (unpaired) electrons. The lowest BCUT2D eigenvalue weighted by atomic mass is 10.2. The molecule has 0 aliphatic carbocycles. The molecule has 0 unspecified atom stereocenters. The van der Waals surface area contributed by atoms with E-state index in [1.165, 1.54) is 6.26 Å². The van der Waals surface area contributed by atoms with Gasteiger partial charge in [-0.15, -0.1) is 0 Å². The smallest absolute Gasteiger partial charge is 0.258 e. The highest BCUT2D eigenvalue weighted by molar-refractivity contribution is 5.81. The molecule has 0 spiro atoms. The van der Waals surface area contributed by atoms with Gasteiger partial charge in [0.05, 0.1) is 17.7 Å². The van der Waals surface area contributed by atoms with Gasteiger partial charge in [-0.2, -0.15) is 4.98 Å². The third kappa shape index (κ3) is 3.13. The van der Waals surface area contributed by atoms with E-state index in [1.807, 2.05) is 0 Å². The molecule has 1 aliphatic rings. The van der Waals surface area contributed by atoms with Gasteiger partial charge in [0.15, 0.2) is 0 Å². The Labute approximate surface area is 112 Å². The first-order valence-electron chi connectivity index (χ1n) is 5.57. The average molecular weight is 281 g/mol. The summed E-state index contributed by atoms with van der Waals surface area (Å²) in [4.78, 5) is 29.2. The Morgan fingerprint density at radius 3 is 2.95 bits per heavy atom. The van der Waals surface area contributed by atoms with Gasteiger partial charge >= 0.3 is 0 Å². The summed E-state index contributed by atoms with van der Waals surface area (Å²) in [5.74, 6) is -1.34. The third-order valence-corrected chi connectivity index (χ3v) is 2.43. The molecule has 0 atom stereocenters. The SMILES string of the molecule is Nc1nc(N)c(CC(=O)NC2=COCC(F)=C2)c(=O)[nH]1. The molecule has 1 aromatic heterocycles. The minimum atomic E-state index is -0.597. The van der Waals surface area contributed by atoms with Crippen LogP contribution in [0.1, 0.15) is 5.56 Å². The van der Waals surface area contributed by atoms with Crippen molar-refractivity contribution >= 4 is 17.7 Å². The standard InChI is InChI=1S/C11H12FN5O3/c12-5-1-6(4-20-3-5)15-8(18)2-7-9(13)16-11(14)17-10(7)19/h1,4H,2-3H2,(H,15,18)(H5,13,14,16,17,19). The maximum atomic E-state index is 12.9. The summed E-state index contributed by atoms with van der Waals surface area (Å²) in [7, 11) is 0. The number of hydrogen-bond donors (Lipinski definition) is 4. The zero-order valence-corrected chi connectivity index (χ0v) is 10.3. The van der Waals surface area contributed by atoms with Crippen molar-refractivity contribution in [3.05, 3.63) is 39.8 Å². The number of amides is 1. The van der Waals surface area contributed by atoms with E-state index in [0.717, 1.165) is 6.08 Å². The zero-order valence-electron chi connectivity index (χ0n) is 10.3. The number of carbonyl (C=O) groups is 1. The quantitative estimate of drug-likeness (QED) is 0.579. The zero-order chi connectivity index (χ0) is 14.7. The predicted octanol–water partition coefficient (Wildman–Crippen LogP) is -0.682. The van der Waals surface area contributed by atoms with E-state index < -0.39 is 17.3 Å². The van der Waals surface area contributed by atoms with Crippen LogP contribution in [-0.2, 0) is 16.0 Å². The number of allylic oxidation sites excluding steroid dienone is 1. The molecule has 8 nitrogen and oxygen atoms in total. The Balaban J connectivity index is 2.10. The lowest BCUT2D eigenvalue weighted by Gasteiger charge is -2.11. The molecule has 0 saturated heterocycles. The monoisotopic (exact) mass is 281 g/mol. The molecule has 1 aromatic rings. The van der Waals surface area contributed by atoms with E-state index in [1.54, 1.807) is 0 Å². The van der Waals surface area contributed by atoms with Crippen molar-refractivity contribution in [2.45, 2.75) is 6.42 Å². The van der Waals surface area contributed by atoms with Gasteiger partial charge in [0.25, 0.3) is 5.56 Å². The Hall–Kier alpha value is -2.84. The first-order valence-corrected chi connectivity index (χ1v) is 5.57. The largest absolute Gasteiger partial charge is 0.492 e. The molecule has 6 N–H and O–H groups in total. The van der Waals surface area contributed by atoms with Crippen LogP contribution in [0.2, 0.25) is 0 Å². The van der Waals surface area contributed by atoms with Crippen molar-refractivity contribution in [3.8, 4) is 0 Å². The van der Waals surface area contributed by atoms with Crippen molar-refractivity contribution in [1.29, 1.82) is 0 Å². The minimum Gasteiger partial charge on any atom is -0.492 e. The number of aromatic amines is 1. The molecule has 0 fully saturated rings. The summed E-state index contributed by atoms with van der Waals surface area (Å²) in [6.45, 7) is -0.173. The number of nitrogens with two attached hydrogens (primary N) is 2. The van der Waals surface area contributed by atoms with E-state index in [9.17, 15) is 14.0 Å². The molecule has 0 aromatic carbocycles. The first kappa shape index (κ1) is 13.6. The number of anilines is 2. The molecule has 9 heteroatoms. The van der Waals surface area contributed by atoms with Crippen LogP contribution in [0.5, 0.6) is 0 Å². The summed E-state index contributed by atoms with van der Waals surface area (Å²) >= 11 is 0. The van der Waals surface area contributed by atoms with Gasteiger partial charge in [-0.25, -0.2) is 4.39 Å². The second-order valence-electron chi connectivity index (χ2n) is 4.02. The number of H-pyrrole nitrogens is 1. The van der Waals surface area contributed by atoms with Crippen LogP contribution in [-0.4, -0.2) is 22.5 Å². The van der Waals surface area contributed by atoms with E-state index in [4.69, 9.17) is 16.2 Å². The van der Waals surface area contributed by atoms with Crippen LogP contribution in [0.3, 0.4) is 0 Å². The predicted molar refractivity (Wildman–Crippen MR) is 68.8 cm³/mol. The van der Waals surface area contributed by atoms with Crippen molar-refractivity contribution in [3.63, 3.8) is 0 Å². The Kier molecular flexibility index (Phi) is 3.69. The number of halogens is 1. The van der Waals surface area contributed by atoms with Gasteiger partial charge in [0, 0.05) is 0 Å². The summed E-state index contributed by atoms with van der Waals surface area (Å²) in [5, 5.41) is 2.38. The summed E-state index contributed by atoms with van der Waals surface area (Å²) in [6.07, 6.45) is 2.01. The number of nitrogens with one attached hydrogen (secondary N) is 2. The van der Waals surface area contributed by atoms with Crippen LogP contribution in [0.25, 0.3) is 0 Å². The van der Waals surface area contributed by atoms with Crippen molar-refractivity contribution < 1.29 is 13.9 Å². The maximum Gasteiger partial charge on any atom is 0.258 e. The van der Waals surface area contributed by atoms with Crippen molar-refractivity contribution in [2.75, 3.05) is 18.1 Å². The number of nitrogens with zero attached hydrogens (tertiary/aromatic N) is 1. The van der Waals surface area contributed by atoms with Crippen molar-refractivity contribution in [1.82, 2.24) is 15.3 Å². The van der Waals surface area contributed by atoms with Gasteiger partial charge < -0.3 is 21.5 Å². The van der Waals surface area contributed by atoms with Crippen molar-refractivity contribution in [2.24, 2.45) is 0 Å². The van der Waals surface area contributed by atoms with E-state index in [-0.39, 0.29) is 36.1 Å². The molecular weight excluding hydrogens is 269 g/mol. The summed E-state index contributed by atoms with van der Waals surface area (Å²) in [5.41, 5.74) is 10.4. The number of aromatic nitrogens is 2. The highest BCUT2D eigenvalue weighted by atomic mass is 19.1. The fourth-order valence-corrected chi connectivity index (χ4v) is 1.59. The molecule has 2 rings (SSSR count). The topological polar surface area (TPSA) is 136 Å². The molecule has 1 amide bonds. The Morgan fingerprint density at radius 1 is 1.55 bits per heavy atom. The van der Waals surface area contributed by atoms with Crippen LogP contribution < -0.4 is 22.3 Å². The first-order chi connectivity index (χ1) is 9.45. The molecule has 1 aliphatic heterocycles. The van der Waals surface area contributed by atoms with E-state index >= 15 is 0 Å². The molecule has 106 valence electrons. The Morgan fingerprint density at radius 2 is 2.30 bits per heavy atom. The number of hydrogen-bond acceptors (Lipinski definition) is 6. The van der Waals surface area contributed by atoms with Gasteiger partial charge in [-0.3, -0.25) is 14.6 Å². The normalized spacial score (nSPS) is 14.1. The lowest BCUT2D eigenvalue weighted by Crippen LogP contribution is -2.29. The van der Waals surface area contributed by atoms with E-state index in [2.05, 4.69) is 15.3 Å². The second kappa shape index (κ2) is 5.43. The highest BCUT2D eigenvalue weighted by Gasteiger charge is 2.14. The number of nitrogen functional groups attached to an aromatic ring is 2. The number of carbonyl (C=O) groups excluding carboxylic acids is 1. The highest BCUT2D eigenvalue weighted by Crippen LogP contribution is 2.10. The van der Waals surface area contributed by atoms with Crippen LogP contribution in [0, 0.1) is 0 Å². The molecule has 20 heavy (non-hydrogen) atoms. The minimum absolute atomic E-state index is 0.0153. The molecule has 0 bridgehead atoms. The second-order valence-corrected chi connectivity index (χ2v) is 4.02. The van der Waals surface area contributed by atoms with Gasteiger partial charge in [0.1, 0.15) is 24.5 Å². The molecule has 0 saturated carbocycles. The number of ether oxygens (including phenoxy) is 1. The van der Waals surface area contributed by atoms with Crippen LogP contribution >= 0.6 is 0 Å². The lowest BCUT2D eigenvalue weighted by molar-refractivity contribution is -0.119. The molecule has 2 heterocycles. The summed E-state index contributed by atoms with van der Waals surface area (Å²) in [6, 6.07) is 0. The van der Waals surface area contributed by atoms with Gasteiger partial charge in [-0.05, 0) is 6.08 Å². The van der Waals surface area contributed by atoms with Gasteiger partial charge in [0.2, 0.25) is 11.9 Å². The fourth-order valence-electron chi connectivity index (χ4n) is 1.59. The third-order valence-electron chi connectivity index (χ3n) is 2.43. The van der Waals surface area contributed by atoms with Crippen LogP contribution in [0.15, 0.2) is 28.7 Å². The van der Waals surface area contributed by atoms with Crippen LogP contribution in [0.4, 0.5) is 16.2 Å².